The van der Waals surface area contributed by atoms with Gasteiger partial charge in [0.1, 0.15) is 0 Å². The summed E-state index contributed by atoms with van der Waals surface area (Å²) in [5.41, 5.74) is 4.94. The first kappa shape index (κ1) is 25.6. The molecule has 0 saturated carbocycles. The summed E-state index contributed by atoms with van der Waals surface area (Å²) in [6.07, 6.45) is 0. The van der Waals surface area contributed by atoms with Crippen molar-refractivity contribution in [1.82, 2.24) is 9.97 Å². The Kier molecular flexibility index (Phi) is 6.04. The number of aromatic nitrogens is 2. The van der Waals surface area contributed by atoms with Gasteiger partial charge < -0.3 is 9.31 Å². The van der Waals surface area contributed by atoms with Gasteiger partial charge in [-0.3, -0.25) is 0 Å². The van der Waals surface area contributed by atoms with E-state index >= 15 is 0 Å². The number of hydrogen-bond donors (Lipinski definition) is 0. The van der Waals surface area contributed by atoms with Crippen molar-refractivity contribution in [2.24, 2.45) is 0 Å². The predicted molar refractivity (Wildman–Crippen MR) is 169 cm³/mol. The molecular formula is C36H31BN2O2. The molecule has 0 N–H and O–H groups in total. The lowest BCUT2D eigenvalue weighted by molar-refractivity contribution is 0.00578. The van der Waals surface area contributed by atoms with E-state index in [1.54, 1.807) is 0 Å². The first-order valence-corrected chi connectivity index (χ1v) is 14.1. The number of fused-ring (bicyclic) bond motifs is 2. The average molecular weight is 534 g/mol. The molecule has 0 unspecified atom stereocenters. The Hall–Kier alpha value is -4.32. The van der Waals surface area contributed by atoms with Crippen LogP contribution in [0.2, 0.25) is 0 Å². The van der Waals surface area contributed by atoms with Crippen LogP contribution in [0.15, 0.2) is 115 Å². The van der Waals surface area contributed by atoms with E-state index in [2.05, 4.69) is 137 Å². The monoisotopic (exact) mass is 534 g/mol. The molecule has 4 nitrogen and oxygen atoms in total. The number of benzene rings is 5. The zero-order valence-corrected chi connectivity index (χ0v) is 23.8. The standard InChI is InChI=1S/C36H31BN2O2/c1-35(2)36(3,4)41-37(40-35)29-16-9-15-27(22-29)32-23-33(31-18-10-14-25-12-7-8-17-30(25)31)39-34(38-32)28-20-19-24-11-5-6-13-26(24)21-28/h5-23H,1-4H3. The number of nitrogens with zero attached hydrogens (tertiary/aromatic N) is 2. The van der Waals surface area contributed by atoms with E-state index in [1.165, 1.54) is 10.8 Å². The van der Waals surface area contributed by atoms with Crippen LogP contribution in [0, 0.1) is 0 Å². The normalized spacial score (nSPS) is 16.0. The molecule has 5 aromatic carbocycles. The van der Waals surface area contributed by atoms with E-state index in [0.717, 1.165) is 44.3 Å². The molecule has 1 aromatic heterocycles. The molecular weight excluding hydrogens is 503 g/mol. The number of rotatable bonds is 4. The molecule has 1 aliphatic rings. The third-order valence-corrected chi connectivity index (χ3v) is 8.51. The molecule has 1 aliphatic heterocycles. The molecule has 0 radical (unpaired) electrons. The Labute approximate surface area is 241 Å². The molecule has 6 aromatic rings. The lowest BCUT2D eigenvalue weighted by Crippen LogP contribution is -2.41. The van der Waals surface area contributed by atoms with Crippen molar-refractivity contribution < 1.29 is 9.31 Å². The van der Waals surface area contributed by atoms with E-state index in [4.69, 9.17) is 19.3 Å². The molecule has 1 saturated heterocycles. The van der Waals surface area contributed by atoms with Crippen molar-refractivity contribution in [2.75, 3.05) is 0 Å². The number of hydrogen-bond acceptors (Lipinski definition) is 4. The summed E-state index contributed by atoms with van der Waals surface area (Å²) in [6, 6.07) is 40.0. The van der Waals surface area contributed by atoms with Gasteiger partial charge in [-0.15, -0.1) is 0 Å². The smallest absolute Gasteiger partial charge is 0.399 e. The van der Waals surface area contributed by atoms with Gasteiger partial charge in [-0.05, 0) is 72.4 Å². The summed E-state index contributed by atoms with van der Waals surface area (Å²) < 4.78 is 12.7. The molecule has 41 heavy (non-hydrogen) atoms. The minimum absolute atomic E-state index is 0.409. The van der Waals surface area contributed by atoms with Crippen molar-refractivity contribution in [3.05, 3.63) is 115 Å². The summed E-state index contributed by atoms with van der Waals surface area (Å²) in [7, 11) is -0.445. The van der Waals surface area contributed by atoms with Crippen LogP contribution < -0.4 is 5.46 Å². The maximum atomic E-state index is 6.36. The Morgan fingerprint density at radius 2 is 1.20 bits per heavy atom. The highest BCUT2D eigenvalue weighted by Gasteiger charge is 2.51. The van der Waals surface area contributed by atoms with Crippen LogP contribution in [0.4, 0.5) is 0 Å². The van der Waals surface area contributed by atoms with Crippen LogP contribution in [0.25, 0.3) is 55.4 Å². The lowest BCUT2D eigenvalue weighted by Gasteiger charge is -2.32. The van der Waals surface area contributed by atoms with Crippen LogP contribution in [0.1, 0.15) is 27.7 Å². The van der Waals surface area contributed by atoms with Gasteiger partial charge in [0.15, 0.2) is 5.82 Å². The van der Waals surface area contributed by atoms with E-state index in [9.17, 15) is 0 Å². The zero-order chi connectivity index (χ0) is 28.2. The van der Waals surface area contributed by atoms with Crippen molar-refractivity contribution in [2.45, 2.75) is 38.9 Å². The maximum Gasteiger partial charge on any atom is 0.494 e. The SMILES string of the molecule is CC1(C)OB(c2cccc(-c3cc(-c4cccc5ccccc45)nc(-c4ccc5ccccc5c4)n3)c2)OC1(C)C. The van der Waals surface area contributed by atoms with Gasteiger partial charge in [0, 0.05) is 11.1 Å². The molecule has 2 heterocycles. The molecule has 7 rings (SSSR count). The Morgan fingerprint density at radius 3 is 2.00 bits per heavy atom. The van der Waals surface area contributed by atoms with Crippen LogP contribution in [-0.2, 0) is 9.31 Å². The van der Waals surface area contributed by atoms with Gasteiger partial charge in [0.2, 0.25) is 0 Å². The van der Waals surface area contributed by atoms with Crippen molar-refractivity contribution >= 4 is 34.1 Å². The third kappa shape index (κ3) is 4.61. The Bertz CT molecular complexity index is 1910. The topological polar surface area (TPSA) is 44.2 Å². The zero-order valence-electron chi connectivity index (χ0n) is 23.8. The lowest BCUT2D eigenvalue weighted by atomic mass is 9.78. The third-order valence-electron chi connectivity index (χ3n) is 8.51. The molecule has 0 atom stereocenters. The summed E-state index contributed by atoms with van der Waals surface area (Å²) in [5, 5.41) is 4.69. The summed E-state index contributed by atoms with van der Waals surface area (Å²) in [5.74, 6) is 0.692. The molecule has 1 fully saturated rings. The Morgan fingerprint density at radius 1 is 0.537 bits per heavy atom. The Balaban J connectivity index is 1.39. The van der Waals surface area contributed by atoms with Crippen LogP contribution in [0.5, 0.6) is 0 Å². The fraction of sp³-hybridized carbons (Fsp3) is 0.167. The quantitative estimate of drug-likeness (QED) is 0.215. The van der Waals surface area contributed by atoms with Gasteiger partial charge in [-0.25, -0.2) is 9.97 Å². The average Bonchev–Trinajstić information content (AvgIpc) is 3.22. The van der Waals surface area contributed by atoms with Crippen molar-refractivity contribution in [3.63, 3.8) is 0 Å². The molecule has 5 heteroatoms. The van der Waals surface area contributed by atoms with E-state index in [0.29, 0.717) is 5.82 Å². The minimum atomic E-state index is -0.445. The highest BCUT2D eigenvalue weighted by molar-refractivity contribution is 6.62. The second-order valence-corrected chi connectivity index (χ2v) is 11.8. The second kappa shape index (κ2) is 9.65. The summed E-state index contributed by atoms with van der Waals surface area (Å²) in [4.78, 5) is 10.3. The summed E-state index contributed by atoms with van der Waals surface area (Å²) in [6.45, 7) is 8.31. The molecule has 0 amide bonds. The van der Waals surface area contributed by atoms with Gasteiger partial charge in [-0.2, -0.15) is 0 Å². The highest BCUT2D eigenvalue weighted by atomic mass is 16.7. The van der Waals surface area contributed by atoms with Gasteiger partial charge in [0.05, 0.1) is 22.6 Å². The van der Waals surface area contributed by atoms with Gasteiger partial charge >= 0.3 is 7.12 Å². The van der Waals surface area contributed by atoms with Crippen molar-refractivity contribution in [1.29, 1.82) is 0 Å². The van der Waals surface area contributed by atoms with E-state index < -0.39 is 18.3 Å². The highest BCUT2D eigenvalue weighted by Crippen LogP contribution is 2.37. The van der Waals surface area contributed by atoms with Gasteiger partial charge in [-0.1, -0.05) is 103 Å². The van der Waals surface area contributed by atoms with Gasteiger partial charge in [0.25, 0.3) is 0 Å². The molecule has 0 aliphatic carbocycles. The fourth-order valence-electron chi connectivity index (χ4n) is 5.46. The van der Waals surface area contributed by atoms with Crippen LogP contribution >= 0.6 is 0 Å². The maximum absolute atomic E-state index is 6.36. The minimum Gasteiger partial charge on any atom is -0.399 e. The summed E-state index contributed by atoms with van der Waals surface area (Å²) >= 11 is 0. The molecule has 200 valence electrons. The van der Waals surface area contributed by atoms with E-state index in [-0.39, 0.29) is 0 Å². The first-order chi connectivity index (χ1) is 19.8. The molecule has 0 bridgehead atoms. The molecule has 0 spiro atoms. The fourth-order valence-corrected chi connectivity index (χ4v) is 5.46. The van der Waals surface area contributed by atoms with E-state index in [1.807, 2.05) is 6.07 Å². The first-order valence-electron chi connectivity index (χ1n) is 14.1. The van der Waals surface area contributed by atoms with Crippen LogP contribution in [-0.4, -0.2) is 28.3 Å². The predicted octanol–water partition coefficient (Wildman–Crippen LogP) is 8.08. The van der Waals surface area contributed by atoms with Crippen molar-refractivity contribution in [3.8, 4) is 33.9 Å². The largest absolute Gasteiger partial charge is 0.494 e. The van der Waals surface area contributed by atoms with Crippen LogP contribution in [0.3, 0.4) is 0 Å². The second-order valence-electron chi connectivity index (χ2n) is 11.8.